The lowest BCUT2D eigenvalue weighted by Crippen LogP contribution is -2.51. The van der Waals surface area contributed by atoms with E-state index >= 15 is 0 Å². The predicted octanol–water partition coefficient (Wildman–Crippen LogP) is 1.91. The molecule has 0 saturated carbocycles. The van der Waals surface area contributed by atoms with Gasteiger partial charge in [-0.3, -0.25) is 9.59 Å². The zero-order valence-electron chi connectivity index (χ0n) is 14.9. The molecule has 26 heavy (non-hydrogen) atoms. The molecule has 0 bridgehead atoms. The van der Waals surface area contributed by atoms with Crippen molar-refractivity contribution in [1.82, 2.24) is 9.80 Å². The molecule has 3 unspecified atom stereocenters. The number of fused-ring (bicyclic) bond motifs is 1. The smallest absolute Gasteiger partial charge is 0.246 e. The highest BCUT2D eigenvalue weighted by atomic mass is 32.2. The summed E-state index contributed by atoms with van der Waals surface area (Å²) in [7, 11) is 0. The summed E-state index contributed by atoms with van der Waals surface area (Å²) in [6.45, 7) is 4.00. The third kappa shape index (κ3) is 2.63. The molecule has 1 aromatic carbocycles. The molecule has 3 saturated heterocycles. The monoisotopic (exact) mass is 377 g/mol. The van der Waals surface area contributed by atoms with Gasteiger partial charge in [-0.2, -0.15) is 0 Å². The molecule has 1 aromatic rings. The molecule has 0 aliphatic carbocycles. The van der Waals surface area contributed by atoms with Crippen LogP contribution in [0, 0.1) is 11.2 Å². The summed E-state index contributed by atoms with van der Waals surface area (Å²) in [5, 5.41) is 0. The molecule has 3 aliphatic rings. The van der Waals surface area contributed by atoms with Gasteiger partial charge in [0.2, 0.25) is 11.8 Å². The summed E-state index contributed by atoms with van der Waals surface area (Å²) in [6, 6.07) is 5.88. The van der Waals surface area contributed by atoms with Crippen LogP contribution in [0.4, 0.5) is 4.39 Å². The van der Waals surface area contributed by atoms with Gasteiger partial charge in [-0.15, -0.1) is 11.8 Å². The molecule has 140 valence electrons. The molecule has 3 fully saturated rings. The highest BCUT2D eigenvalue weighted by Crippen LogP contribution is 2.54. The van der Waals surface area contributed by atoms with Gasteiger partial charge in [0.1, 0.15) is 16.7 Å². The third-order valence-electron chi connectivity index (χ3n) is 6.07. The van der Waals surface area contributed by atoms with Gasteiger partial charge in [0.15, 0.2) is 0 Å². The van der Waals surface area contributed by atoms with E-state index in [0.29, 0.717) is 38.2 Å². The first-order chi connectivity index (χ1) is 12.4. The van der Waals surface area contributed by atoms with E-state index < -0.39 is 10.9 Å². The van der Waals surface area contributed by atoms with E-state index in [1.807, 2.05) is 4.90 Å². The zero-order chi connectivity index (χ0) is 18.5. The van der Waals surface area contributed by atoms with E-state index in [4.69, 9.17) is 5.73 Å². The van der Waals surface area contributed by atoms with Crippen LogP contribution in [0.5, 0.6) is 0 Å². The molecular formula is C19H24FN3O2S. The normalized spacial score (nSPS) is 33.8. The fourth-order valence-corrected chi connectivity index (χ4v) is 6.07. The van der Waals surface area contributed by atoms with Crippen molar-refractivity contribution < 1.29 is 14.0 Å². The second kappa shape index (κ2) is 6.23. The van der Waals surface area contributed by atoms with Gasteiger partial charge < -0.3 is 15.5 Å². The number of likely N-dealkylation sites (tertiary alicyclic amines) is 1. The summed E-state index contributed by atoms with van der Waals surface area (Å²) in [6.07, 6.45) is 1.98. The molecular weight excluding hydrogens is 353 g/mol. The average molecular weight is 377 g/mol. The molecule has 4 rings (SSSR count). The van der Waals surface area contributed by atoms with Crippen molar-refractivity contribution in [2.45, 2.75) is 37.1 Å². The highest BCUT2D eigenvalue weighted by molar-refractivity contribution is 8.00. The van der Waals surface area contributed by atoms with Gasteiger partial charge in [0.25, 0.3) is 0 Å². The number of halogens is 1. The van der Waals surface area contributed by atoms with Crippen LogP contribution in [-0.4, -0.2) is 53.0 Å². The van der Waals surface area contributed by atoms with Crippen molar-refractivity contribution in [1.29, 1.82) is 0 Å². The lowest BCUT2D eigenvalue weighted by molar-refractivity contribution is -0.143. The fraction of sp³-hybridized carbons (Fsp3) is 0.579. The Morgan fingerprint density at radius 2 is 2.08 bits per heavy atom. The van der Waals surface area contributed by atoms with Gasteiger partial charge in [-0.1, -0.05) is 19.1 Å². The van der Waals surface area contributed by atoms with Crippen LogP contribution >= 0.6 is 11.8 Å². The maximum atomic E-state index is 13.3. The summed E-state index contributed by atoms with van der Waals surface area (Å²) in [5.74, 6) is 0.319. The Morgan fingerprint density at radius 3 is 2.73 bits per heavy atom. The van der Waals surface area contributed by atoms with Crippen molar-refractivity contribution >= 4 is 23.6 Å². The average Bonchev–Trinajstić information content (AvgIpc) is 3.30. The van der Waals surface area contributed by atoms with Crippen LogP contribution < -0.4 is 5.73 Å². The van der Waals surface area contributed by atoms with E-state index in [9.17, 15) is 14.0 Å². The lowest BCUT2D eigenvalue weighted by atomic mass is 9.90. The molecule has 7 heteroatoms. The van der Waals surface area contributed by atoms with Crippen molar-refractivity contribution in [2.24, 2.45) is 11.1 Å². The van der Waals surface area contributed by atoms with Crippen molar-refractivity contribution in [3.05, 3.63) is 35.6 Å². The molecule has 2 amide bonds. The molecule has 0 spiro atoms. The summed E-state index contributed by atoms with van der Waals surface area (Å²) in [4.78, 5) is 28.9. The molecule has 3 heterocycles. The Balaban J connectivity index is 1.61. The number of carbonyl (C=O) groups excluding carboxylic acids is 2. The van der Waals surface area contributed by atoms with E-state index in [-0.39, 0.29) is 23.0 Å². The number of thioether (sulfide) groups is 1. The number of hydrogen-bond donors (Lipinski definition) is 1. The van der Waals surface area contributed by atoms with Crippen molar-refractivity contribution in [2.75, 3.05) is 25.4 Å². The lowest BCUT2D eigenvalue weighted by Gasteiger charge is -2.35. The summed E-state index contributed by atoms with van der Waals surface area (Å²) >= 11 is 1.63. The maximum absolute atomic E-state index is 13.3. The van der Waals surface area contributed by atoms with E-state index in [1.54, 1.807) is 28.8 Å². The van der Waals surface area contributed by atoms with Crippen LogP contribution in [0.15, 0.2) is 24.3 Å². The Hall–Kier alpha value is -1.60. The van der Waals surface area contributed by atoms with E-state index in [1.165, 1.54) is 12.1 Å². The highest BCUT2D eigenvalue weighted by Gasteiger charge is 2.57. The summed E-state index contributed by atoms with van der Waals surface area (Å²) < 4.78 is 13.3. The van der Waals surface area contributed by atoms with E-state index in [2.05, 4.69) is 6.92 Å². The molecule has 5 nitrogen and oxygen atoms in total. The molecule has 2 N–H and O–H groups in total. The molecule has 3 aliphatic heterocycles. The minimum Gasteiger partial charge on any atom is -0.340 e. The fourth-order valence-electron chi connectivity index (χ4n) is 4.43. The van der Waals surface area contributed by atoms with Gasteiger partial charge in [-0.25, -0.2) is 4.39 Å². The topological polar surface area (TPSA) is 66.6 Å². The second-order valence-electron chi connectivity index (χ2n) is 7.91. The number of rotatable bonds is 3. The maximum Gasteiger partial charge on any atom is 0.246 e. The number of nitrogens with two attached hydrogens (primary N) is 1. The SMILES string of the molecule is CC1(CN)CCN(C(=O)C2CSC3(c4ccc(F)cc4)CCC(=O)N23)C1. The first-order valence-electron chi connectivity index (χ1n) is 9.10. The van der Waals surface area contributed by atoms with Gasteiger partial charge in [-0.05, 0) is 42.5 Å². The zero-order valence-corrected chi connectivity index (χ0v) is 15.7. The molecule has 0 aromatic heterocycles. The number of hydrogen-bond acceptors (Lipinski definition) is 4. The van der Waals surface area contributed by atoms with Crippen LogP contribution in [0.3, 0.4) is 0 Å². The third-order valence-corrected chi connectivity index (χ3v) is 7.67. The second-order valence-corrected chi connectivity index (χ2v) is 9.20. The van der Waals surface area contributed by atoms with Crippen LogP contribution in [0.2, 0.25) is 0 Å². The largest absolute Gasteiger partial charge is 0.340 e. The van der Waals surface area contributed by atoms with E-state index in [0.717, 1.165) is 12.0 Å². The Morgan fingerprint density at radius 1 is 1.35 bits per heavy atom. The van der Waals surface area contributed by atoms with Gasteiger partial charge in [0, 0.05) is 25.3 Å². The quantitative estimate of drug-likeness (QED) is 0.874. The molecule has 3 atom stereocenters. The minimum atomic E-state index is -0.540. The Bertz CT molecular complexity index is 743. The minimum absolute atomic E-state index is 0.0125. The first kappa shape index (κ1) is 17.8. The number of amides is 2. The standard InChI is InChI=1S/C19H24FN3O2S/c1-18(11-21)8-9-22(12-18)17(25)15-10-26-19(7-6-16(24)23(15)19)13-2-4-14(20)5-3-13/h2-5,15H,6-12,21H2,1H3. The summed E-state index contributed by atoms with van der Waals surface area (Å²) in [5.41, 5.74) is 6.73. The van der Waals surface area contributed by atoms with Crippen LogP contribution in [0.1, 0.15) is 31.7 Å². The predicted molar refractivity (Wildman–Crippen MR) is 98.8 cm³/mol. The Kier molecular flexibility index (Phi) is 4.27. The van der Waals surface area contributed by atoms with Crippen LogP contribution in [-0.2, 0) is 14.5 Å². The first-order valence-corrected chi connectivity index (χ1v) is 10.1. The number of benzene rings is 1. The van der Waals surface area contributed by atoms with Gasteiger partial charge in [0.05, 0.1) is 0 Å². The van der Waals surface area contributed by atoms with Crippen molar-refractivity contribution in [3.63, 3.8) is 0 Å². The number of carbonyl (C=O) groups is 2. The van der Waals surface area contributed by atoms with Crippen molar-refractivity contribution in [3.8, 4) is 0 Å². The van der Waals surface area contributed by atoms with Crippen LogP contribution in [0.25, 0.3) is 0 Å². The Labute approximate surface area is 157 Å². The number of nitrogens with zero attached hydrogens (tertiary/aromatic N) is 2. The molecule has 0 radical (unpaired) electrons. The van der Waals surface area contributed by atoms with Gasteiger partial charge >= 0.3 is 0 Å².